The summed E-state index contributed by atoms with van der Waals surface area (Å²) in [6.07, 6.45) is 1.18. The summed E-state index contributed by atoms with van der Waals surface area (Å²) in [5.41, 5.74) is 7.76. The van der Waals surface area contributed by atoms with Crippen molar-refractivity contribution in [3.8, 4) is 0 Å². The standard InChI is InChI=1S/C15H25N/c1-5-12(4)14(15(16)11(2)3)13-9-7-6-8-10-13/h6-12,14-15H,5,16H2,1-4H3. The third kappa shape index (κ3) is 3.08. The summed E-state index contributed by atoms with van der Waals surface area (Å²) < 4.78 is 0. The highest BCUT2D eigenvalue weighted by atomic mass is 14.7. The first-order valence-electron chi connectivity index (χ1n) is 6.38. The maximum absolute atomic E-state index is 6.37. The molecule has 0 radical (unpaired) electrons. The summed E-state index contributed by atoms with van der Waals surface area (Å²) in [4.78, 5) is 0. The molecule has 1 aromatic carbocycles. The lowest BCUT2D eigenvalue weighted by Crippen LogP contribution is -2.36. The molecular formula is C15H25N. The second-order valence-electron chi connectivity index (χ2n) is 5.14. The second kappa shape index (κ2) is 6.05. The van der Waals surface area contributed by atoms with Crippen LogP contribution in [0, 0.1) is 11.8 Å². The summed E-state index contributed by atoms with van der Waals surface area (Å²) in [6.45, 7) is 8.97. The fourth-order valence-electron chi connectivity index (χ4n) is 2.27. The molecule has 0 saturated heterocycles. The second-order valence-corrected chi connectivity index (χ2v) is 5.14. The van der Waals surface area contributed by atoms with Gasteiger partial charge in [-0.2, -0.15) is 0 Å². The number of hydrogen-bond donors (Lipinski definition) is 1. The molecule has 0 aliphatic rings. The van der Waals surface area contributed by atoms with Crippen LogP contribution in [0.25, 0.3) is 0 Å². The van der Waals surface area contributed by atoms with E-state index in [-0.39, 0.29) is 6.04 Å². The van der Waals surface area contributed by atoms with Crippen LogP contribution in [-0.4, -0.2) is 6.04 Å². The Morgan fingerprint density at radius 3 is 2.06 bits per heavy atom. The van der Waals surface area contributed by atoms with E-state index in [1.165, 1.54) is 12.0 Å². The van der Waals surface area contributed by atoms with Gasteiger partial charge in [-0.25, -0.2) is 0 Å². The van der Waals surface area contributed by atoms with Gasteiger partial charge in [0, 0.05) is 12.0 Å². The lowest BCUT2D eigenvalue weighted by molar-refractivity contribution is 0.326. The minimum Gasteiger partial charge on any atom is -0.327 e. The van der Waals surface area contributed by atoms with Crippen LogP contribution in [0.5, 0.6) is 0 Å². The maximum atomic E-state index is 6.37. The summed E-state index contributed by atoms with van der Waals surface area (Å²) in [5.74, 6) is 1.64. The molecule has 0 amide bonds. The Labute approximate surface area is 100 Å². The molecule has 3 atom stereocenters. The monoisotopic (exact) mass is 219 g/mol. The highest BCUT2D eigenvalue weighted by Crippen LogP contribution is 2.31. The molecule has 1 aromatic rings. The lowest BCUT2D eigenvalue weighted by atomic mass is 9.77. The van der Waals surface area contributed by atoms with E-state index >= 15 is 0 Å². The first-order chi connectivity index (χ1) is 7.57. The highest BCUT2D eigenvalue weighted by molar-refractivity contribution is 5.22. The Hall–Kier alpha value is -0.820. The summed E-state index contributed by atoms with van der Waals surface area (Å²) in [5, 5.41) is 0. The fraction of sp³-hybridized carbons (Fsp3) is 0.600. The van der Waals surface area contributed by atoms with Crippen molar-refractivity contribution >= 4 is 0 Å². The van der Waals surface area contributed by atoms with Gasteiger partial charge < -0.3 is 5.73 Å². The van der Waals surface area contributed by atoms with Crippen molar-refractivity contribution in [1.29, 1.82) is 0 Å². The van der Waals surface area contributed by atoms with E-state index in [2.05, 4.69) is 58.0 Å². The van der Waals surface area contributed by atoms with Crippen LogP contribution < -0.4 is 5.73 Å². The molecule has 2 N–H and O–H groups in total. The van der Waals surface area contributed by atoms with Crippen molar-refractivity contribution < 1.29 is 0 Å². The van der Waals surface area contributed by atoms with Gasteiger partial charge in [-0.1, -0.05) is 64.4 Å². The largest absolute Gasteiger partial charge is 0.327 e. The average molecular weight is 219 g/mol. The van der Waals surface area contributed by atoms with Crippen LogP contribution >= 0.6 is 0 Å². The molecule has 0 fully saturated rings. The first-order valence-corrected chi connectivity index (χ1v) is 6.38. The Kier molecular flexibility index (Phi) is 5.01. The molecule has 0 saturated carbocycles. The molecule has 1 rings (SSSR count). The van der Waals surface area contributed by atoms with Crippen molar-refractivity contribution in [3.63, 3.8) is 0 Å². The zero-order chi connectivity index (χ0) is 12.1. The van der Waals surface area contributed by atoms with Crippen LogP contribution in [0.4, 0.5) is 0 Å². The molecule has 0 heterocycles. The topological polar surface area (TPSA) is 26.0 Å². The van der Waals surface area contributed by atoms with E-state index in [1.807, 2.05) is 0 Å². The molecule has 0 aromatic heterocycles. The van der Waals surface area contributed by atoms with Crippen LogP contribution in [0.15, 0.2) is 30.3 Å². The van der Waals surface area contributed by atoms with Gasteiger partial charge in [0.15, 0.2) is 0 Å². The zero-order valence-electron chi connectivity index (χ0n) is 11.0. The molecule has 3 unspecified atom stereocenters. The van der Waals surface area contributed by atoms with Crippen molar-refractivity contribution in [2.75, 3.05) is 0 Å². The van der Waals surface area contributed by atoms with Gasteiger partial charge >= 0.3 is 0 Å². The summed E-state index contributed by atoms with van der Waals surface area (Å²) >= 11 is 0. The van der Waals surface area contributed by atoms with Gasteiger partial charge in [0.05, 0.1) is 0 Å². The molecule has 1 nitrogen and oxygen atoms in total. The summed E-state index contributed by atoms with van der Waals surface area (Å²) in [7, 11) is 0. The molecule has 90 valence electrons. The van der Waals surface area contributed by atoms with Crippen molar-refractivity contribution in [2.45, 2.75) is 46.1 Å². The Balaban J connectivity index is 2.96. The molecule has 16 heavy (non-hydrogen) atoms. The molecule has 0 aliphatic heterocycles. The van der Waals surface area contributed by atoms with Crippen molar-refractivity contribution in [1.82, 2.24) is 0 Å². The summed E-state index contributed by atoms with van der Waals surface area (Å²) in [6, 6.07) is 10.9. The van der Waals surface area contributed by atoms with Gasteiger partial charge in [0.25, 0.3) is 0 Å². The van der Waals surface area contributed by atoms with Gasteiger partial charge in [0.2, 0.25) is 0 Å². The quantitative estimate of drug-likeness (QED) is 0.801. The minimum absolute atomic E-state index is 0.248. The van der Waals surface area contributed by atoms with Gasteiger partial charge in [-0.3, -0.25) is 0 Å². The normalized spacial score (nSPS) is 17.1. The van der Waals surface area contributed by atoms with Gasteiger partial charge in [0.1, 0.15) is 0 Å². The third-order valence-corrected chi connectivity index (χ3v) is 3.63. The van der Waals surface area contributed by atoms with Gasteiger partial charge in [-0.15, -0.1) is 0 Å². The smallest absolute Gasteiger partial charge is 0.0134 e. The molecule has 0 spiro atoms. The Bertz CT molecular complexity index is 292. The van der Waals surface area contributed by atoms with Crippen LogP contribution in [0.2, 0.25) is 0 Å². The third-order valence-electron chi connectivity index (χ3n) is 3.63. The Morgan fingerprint density at radius 2 is 1.62 bits per heavy atom. The van der Waals surface area contributed by atoms with Crippen LogP contribution in [0.1, 0.15) is 45.6 Å². The van der Waals surface area contributed by atoms with E-state index in [1.54, 1.807) is 0 Å². The highest BCUT2D eigenvalue weighted by Gasteiger charge is 2.26. The van der Waals surface area contributed by atoms with Crippen molar-refractivity contribution in [2.24, 2.45) is 17.6 Å². The predicted octanol–water partition coefficient (Wildman–Crippen LogP) is 3.80. The maximum Gasteiger partial charge on any atom is 0.0134 e. The molecule has 1 heteroatoms. The number of nitrogens with two attached hydrogens (primary N) is 1. The zero-order valence-corrected chi connectivity index (χ0v) is 11.0. The van der Waals surface area contributed by atoms with E-state index in [9.17, 15) is 0 Å². The van der Waals surface area contributed by atoms with Crippen LogP contribution in [0.3, 0.4) is 0 Å². The minimum atomic E-state index is 0.248. The Morgan fingerprint density at radius 1 is 1.06 bits per heavy atom. The van der Waals surface area contributed by atoms with E-state index < -0.39 is 0 Å². The number of hydrogen-bond acceptors (Lipinski definition) is 1. The average Bonchev–Trinajstić information content (AvgIpc) is 2.30. The molecule has 0 bridgehead atoms. The SMILES string of the molecule is CCC(C)C(c1ccccc1)C(N)C(C)C. The van der Waals surface area contributed by atoms with Crippen molar-refractivity contribution in [3.05, 3.63) is 35.9 Å². The number of rotatable bonds is 5. The fourth-order valence-corrected chi connectivity index (χ4v) is 2.27. The molecule has 0 aliphatic carbocycles. The van der Waals surface area contributed by atoms with E-state index in [0.29, 0.717) is 17.8 Å². The lowest BCUT2D eigenvalue weighted by Gasteiger charge is -2.32. The predicted molar refractivity (Wildman–Crippen MR) is 71.5 cm³/mol. The first kappa shape index (κ1) is 13.2. The van der Waals surface area contributed by atoms with E-state index in [4.69, 9.17) is 5.73 Å². The molecular weight excluding hydrogens is 194 g/mol. The number of benzene rings is 1. The van der Waals surface area contributed by atoms with E-state index in [0.717, 1.165) is 0 Å². The van der Waals surface area contributed by atoms with Crippen LogP contribution in [-0.2, 0) is 0 Å². The van der Waals surface area contributed by atoms with Gasteiger partial charge in [-0.05, 0) is 17.4 Å².